The first-order valence-electron chi connectivity index (χ1n) is 27.8. The van der Waals surface area contributed by atoms with Crippen molar-refractivity contribution >= 4 is 73.3 Å². The van der Waals surface area contributed by atoms with Gasteiger partial charge in [0, 0.05) is 91.6 Å². The highest BCUT2D eigenvalue weighted by atomic mass is 35.5. The zero-order chi connectivity index (χ0) is 69.0. The number of carbonyl (C=O) groups is 3. The fraction of sp³-hybridized carbons (Fsp3) is 0.300. The van der Waals surface area contributed by atoms with Crippen LogP contribution in [0.4, 0.5) is 84.1 Å². The van der Waals surface area contributed by atoms with Crippen molar-refractivity contribution in [3.05, 3.63) is 189 Å². The van der Waals surface area contributed by atoms with E-state index in [4.69, 9.17) is 26.9 Å². The number of alkyl halides is 9. The lowest BCUT2D eigenvalue weighted by Crippen LogP contribution is -2.38. The second kappa shape index (κ2) is 31.0. The number of anilines is 3. The molecule has 0 spiro atoms. The Labute approximate surface area is 531 Å². The normalized spacial score (nSPS) is 15.6. The Balaban J connectivity index is 0.000000200. The number of nitrogens with one attached hydrogen (secondary N) is 3. The molecule has 0 unspecified atom stereocenters. The van der Waals surface area contributed by atoms with E-state index < -0.39 is 117 Å². The molecule has 0 fully saturated rings. The van der Waals surface area contributed by atoms with E-state index in [-0.39, 0.29) is 83.7 Å². The summed E-state index contributed by atoms with van der Waals surface area (Å²) in [7, 11) is -5.46. The summed E-state index contributed by atoms with van der Waals surface area (Å²) >= 11 is 6.24. The van der Waals surface area contributed by atoms with Crippen LogP contribution in [0.3, 0.4) is 0 Å². The van der Waals surface area contributed by atoms with Crippen LogP contribution in [0.15, 0.2) is 127 Å². The Morgan fingerprint density at radius 3 is 1.19 bits per heavy atom. The topological polar surface area (TPSA) is 291 Å². The Morgan fingerprint density at radius 1 is 0.500 bits per heavy atom. The highest BCUT2D eigenvalue weighted by Crippen LogP contribution is 2.36. The largest absolute Gasteiger partial charge is 0.501 e. The van der Waals surface area contributed by atoms with Gasteiger partial charge in [-0.3, -0.25) is 15.0 Å². The smallest absolute Gasteiger partial charge is 0.393 e. The van der Waals surface area contributed by atoms with Crippen LogP contribution in [0.5, 0.6) is 0 Å². The number of carbonyl (C=O) groups excluding carboxylic acids is 3. The van der Waals surface area contributed by atoms with Crippen LogP contribution >= 0.6 is 11.6 Å². The van der Waals surface area contributed by atoms with E-state index in [1.807, 2.05) is 0 Å². The monoisotopic (exact) mass is 1370 g/mol. The molecule has 6 heterocycles. The third kappa shape index (κ3) is 18.6. The van der Waals surface area contributed by atoms with E-state index in [1.54, 1.807) is 18.2 Å². The van der Waals surface area contributed by atoms with Crippen LogP contribution < -0.4 is 16.0 Å². The van der Waals surface area contributed by atoms with Gasteiger partial charge in [-0.15, -0.1) is 0 Å². The summed E-state index contributed by atoms with van der Waals surface area (Å²) in [5.74, 6) is -2.83. The van der Waals surface area contributed by atoms with E-state index in [9.17, 15) is 90.8 Å². The third-order valence-electron chi connectivity index (χ3n) is 14.4. The van der Waals surface area contributed by atoms with Gasteiger partial charge in [0.15, 0.2) is 0 Å². The number of pyridine rings is 3. The van der Waals surface area contributed by atoms with Gasteiger partial charge >= 0.3 is 36.0 Å². The fourth-order valence-electron chi connectivity index (χ4n) is 9.16. The van der Waals surface area contributed by atoms with Gasteiger partial charge < -0.3 is 61.3 Å². The van der Waals surface area contributed by atoms with Crippen molar-refractivity contribution in [2.45, 2.75) is 60.3 Å². The predicted molar refractivity (Wildman–Crippen MR) is 316 cm³/mol. The molecule has 0 bridgehead atoms. The molecule has 3 aromatic heterocycles. The van der Waals surface area contributed by atoms with E-state index in [0.29, 0.717) is 53.9 Å². The summed E-state index contributed by atoms with van der Waals surface area (Å²) in [5.41, 5.74) is -4.18. The molecule has 504 valence electrons. The van der Waals surface area contributed by atoms with Gasteiger partial charge in [-0.05, 0) is 121 Å². The zero-order valence-electron chi connectivity index (χ0n) is 48.5. The highest BCUT2D eigenvalue weighted by Gasteiger charge is 2.47. The predicted octanol–water partition coefficient (Wildman–Crippen LogP) is 10.7. The lowest BCUT2D eigenvalue weighted by atomic mass is 10.0. The molecule has 0 radical (unpaired) electrons. The van der Waals surface area contributed by atoms with Crippen LogP contribution in [-0.2, 0) is 22.2 Å². The molecule has 6 aromatic rings. The number of benzene rings is 3. The van der Waals surface area contributed by atoms with Crippen LogP contribution in [0.25, 0.3) is 16.7 Å². The number of urea groups is 3. The Morgan fingerprint density at radius 2 is 0.862 bits per heavy atom. The first-order valence-corrected chi connectivity index (χ1v) is 29.6. The lowest BCUT2D eigenvalue weighted by Gasteiger charge is -2.27. The van der Waals surface area contributed by atoms with Gasteiger partial charge in [-0.25, -0.2) is 36.0 Å². The number of aliphatic hydroxyl groups is 6. The van der Waals surface area contributed by atoms with E-state index in [0.717, 1.165) is 60.2 Å². The number of hydrogen-bond donors (Lipinski definition) is 9. The molecular weight excluding hydrogens is 1320 g/mol. The van der Waals surface area contributed by atoms with Gasteiger partial charge in [0.1, 0.15) is 47.2 Å². The summed E-state index contributed by atoms with van der Waals surface area (Å²) in [6.07, 6.45) is -2.94. The van der Waals surface area contributed by atoms with Crippen molar-refractivity contribution in [2.24, 2.45) is 0 Å². The molecule has 3 aliphatic heterocycles. The molecule has 20 nitrogen and oxygen atoms in total. The number of hydrogen-bond acceptors (Lipinski definition) is 14. The first-order chi connectivity index (χ1) is 44.2. The summed E-state index contributed by atoms with van der Waals surface area (Å²) in [5, 5.41) is 63.3. The van der Waals surface area contributed by atoms with Crippen LogP contribution in [0.1, 0.15) is 82.5 Å². The number of halogens is 13. The zero-order valence-corrected chi connectivity index (χ0v) is 50.1. The minimum atomic E-state index is -5.46. The maximum absolute atomic E-state index is 14.3. The number of rotatable bonds is 13. The molecule has 0 aliphatic carbocycles. The fourth-order valence-corrected chi connectivity index (χ4v) is 10.2. The standard InChI is InChI=1S/C20H19ClF3N3O5S.C20H18F5N3O3.C20H19F4N3O3/c21-16-9-13(17(29)11-28)10-25-18(16)12-5-7-27(8-6-12)19(30)26-14-1-3-15(4-2-14)33(31,32)20(22,23)24;21-15-8-13(1-2-14(15)20(23,24)25)27-19(31)28-5-3-11(4-6-28)18-16(22)7-12(9-26-18)17(30)10-29;21-16-9-13(17(29)11-28)10-25-18(16)12-5-7-27(8-6-12)19(30)26-15-3-1-14(2-4-15)20(22,23)24/h1-5,9-10,17,28-29H,6-8,11H2,(H,26,30);1-3,7-9,17,29-30H,4-6,10H2,(H,27,31);1-5,9-10,17,28-29H,6-8,11H2,(H,26,30)/t3*17-/m111/s1. The van der Waals surface area contributed by atoms with Gasteiger partial charge in [0.05, 0.1) is 46.6 Å². The minimum Gasteiger partial charge on any atom is -0.393 e. The molecule has 9 rings (SSSR count). The van der Waals surface area contributed by atoms with Crippen molar-refractivity contribution in [3.63, 3.8) is 0 Å². The van der Waals surface area contributed by atoms with E-state index >= 15 is 0 Å². The average Bonchev–Trinajstić information content (AvgIpc) is 0.820. The van der Waals surface area contributed by atoms with Gasteiger partial charge in [0.2, 0.25) is 0 Å². The van der Waals surface area contributed by atoms with Gasteiger partial charge in [-0.2, -0.15) is 39.5 Å². The molecule has 0 saturated heterocycles. The minimum absolute atomic E-state index is 0.0544. The van der Waals surface area contributed by atoms with E-state index in [2.05, 4.69) is 30.9 Å². The SMILES string of the molecule is O=C(Nc1ccc(C(F)(F)F)c(F)c1)N1CC=C(c2ncc([C@H](O)CO)cc2F)CC1.O=C(Nc1ccc(C(F)(F)F)cc1)N1CC=C(c2ncc([C@H](O)CO)cc2F)CC1.O=C(Nc1ccc(S(=O)(=O)C(F)(F)F)cc1)N1CC=C(c2ncc([C@H](O)CO)cc2Cl)CC1. The summed E-state index contributed by atoms with van der Waals surface area (Å²) in [4.78, 5) is 52.6. The summed E-state index contributed by atoms with van der Waals surface area (Å²) in [6, 6.07) is 11.9. The molecule has 3 aliphatic rings. The van der Waals surface area contributed by atoms with Gasteiger partial charge in [0.25, 0.3) is 9.84 Å². The van der Waals surface area contributed by atoms with E-state index in [1.165, 1.54) is 51.5 Å². The molecular formula is C60H56ClF12N9O11S. The van der Waals surface area contributed by atoms with Crippen molar-refractivity contribution in [2.75, 3.05) is 75.0 Å². The number of aromatic nitrogens is 3. The van der Waals surface area contributed by atoms with Crippen LogP contribution in [-0.4, -0.2) is 151 Å². The average molecular weight is 1370 g/mol. The molecule has 6 amide bonds. The lowest BCUT2D eigenvalue weighted by molar-refractivity contribution is -0.140. The Bertz CT molecular complexity index is 3920. The molecule has 9 N–H and O–H groups in total. The quantitative estimate of drug-likeness (QED) is 0.0486. The molecule has 3 atom stereocenters. The highest BCUT2D eigenvalue weighted by molar-refractivity contribution is 7.92. The Kier molecular flexibility index (Phi) is 24.0. The maximum Gasteiger partial charge on any atom is 0.501 e. The first kappa shape index (κ1) is 72.7. The summed E-state index contributed by atoms with van der Waals surface area (Å²) < 4.78 is 179. The third-order valence-corrected chi connectivity index (χ3v) is 16.2. The van der Waals surface area contributed by atoms with Crippen molar-refractivity contribution in [3.8, 4) is 0 Å². The Hall–Kier alpha value is -8.70. The number of nitrogens with zero attached hydrogens (tertiary/aromatic N) is 6. The number of aliphatic hydroxyl groups excluding tert-OH is 6. The van der Waals surface area contributed by atoms with Crippen molar-refractivity contribution < 1.29 is 106 Å². The second-order valence-electron chi connectivity index (χ2n) is 20.7. The van der Waals surface area contributed by atoms with Crippen molar-refractivity contribution in [1.82, 2.24) is 29.7 Å². The molecule has 0 saturated carbocycles. The van der Waals surface area contributed by atoms with Gasteiger partial charge in [-0.1, -0.05) is 29.8 Å². The molecule has 3 aromatic carbocycles. The maximum atomic E-state index is 14.3. The molecule has 94 heavy (non-hydrogen) atoms. The van der Waals surface area contributed by atoms with Crippen LogP contribution in [0, 0.1) is 17.5 Å². The second-order valence-corrected chi connectivity index (χ2v) is 23.0. The van der Waals surface area contributed by atoms with Crippen molar-refractivity contribution in [1.29, 1.82) is 0 Å². The van der Waals surface area contributed by atoms with Crippen LogP contribution in [0.2, 0.25) is 5.02 Å². The number of sulfone groups is 1. The number of amides is 6. The summed E-state index contributed by atoms with van der Waals surface area (Å²) in [6.45, 7) is -0.398. The molecule has 34 heteroatoms.